The van der Waals surface area contributed by atoms with Gasteiger partial charge in [-0.3, -0.25) is 0 Å². The lowest BCUT2D eigenvalue weighted by molar-refractivity contribution is 0.414. The summed E-state index contributed by atoms with van der Waals surface area (Å²) < 4.78 is 5.31. The normalized spacial score (nSPS) is 13.9. The van der Waals surface area contributed by atoms with Gasteiger partial charge >= 0.3 is 0 Å². The number of nitrogens with two attached hydrogens (primary N) is 1. The molecule has 2 aromatic rings. The SMILES string of the molecule is COc1cc(N)cc(CN2CCCc3cc(C)ccc32)c1. The molecular formula is C18H22N2O. The third kappa shape index (κ3) is 2.97. The molecule has 2 N–H and O–H groups in total. The van der Waals surface area contributed by atoms with Crippen LogP contribution in [0.4, 0.5) is 11.4 Å². The monoisotopic (exact) mass is 282 g/mol. The zero-order valence-electron chi connectivity index (χ0n) is 12.7. The molecule has 1 aliphatic heterocycles. The minimum Gasteiger partial charge on any atom is -0.497 e. The second-order valence-corrected chi connectivity index (χ2v) is 5.77. The Hall–Kier alpha value is -2.16. The lowest BCUT2D eigenvalue weighted by Gasteiger charge is -2.31. The smallest absolute Gasteiger partial charge is 0.121 e. The predicted octanol–water partition coefficient (Wildman–Crippen LogP) is 3.54. The lowest BCUT2D eigenvalue weighted by atomic mass is 9.99. The van der Waals surface area contributed by atoms with Gasteiger partial charge < -0.3 is 15.4 Å². The van der Waals surface area contributed by atoms with Gasteiger partial charge in [-0.2, -0.15) is 0 Å². The Kier molecular flexibility index (Phi) is 3.74. The first kappa shape index (κ1) is 13.8. The van der Waals surface area contributed by atoms with Crippen LogP contribution >= 0.6 is 0 Å². The van der Waals surface area contributed by atoms with E-state index in [9.17, 15) is 0 Å². The molecule has 0 spiro atoms. The summed E-state index contributed by atoms with van der Waals surface area (Å²) in [6.07, 6.45) is 2.38. The predicted molar refractivity (Wildman–Crippen MR) is 88.0 cm³/mol. The van der Waals surface area contributed by atoms with Gasteiger partial charge in [0.2, 0.25) is 0 Å². The van der Waals surface area contributed by atoms with E-state index in [1.54, 1.807) is 7.11 Å². The quantitative estimate of drug-likeness (QED) is 0.875. The Morgan fingerprint density at radius 3 is 2.86 bits per heavy atom. The van der Waals surface area contributed by atoms with Gasteiger partial charge in [-0.05, 0) is 49.1 Å². The first-order chi connectivity index (χ1) is 10.2. The lowest BCUT2D eigenvalue weighted by Crippen LogP contribution is -2.28. The topological polar surface area (TPSA) is 38.5 Å². The fraction of sp³-hybridized carbons (Fsp3) is 0.333. The Morgan fingerprint density at radius 2 is 2.05 bits per heavy atom. The molecule has 0 aromatic heterocycles. The van der Waals surface area contributed by atoms with Crippen LogP contribution in [-0.2, 0) is 13.0 Å². The van der Waals surface area contributed by atoms with Crippen molar-refractivity contribution in [1.82, 2.24) is 0 Å². The average Bonchev–Trinajstić information content (AvgIpc) is 2.46. The number of rotatable bonds is 3. The first-order valence-electron chi connectivity index (χ1n) is 7.43. The minimum atomic E-state index is 0.755. The van der Waals surface area contributed by atoms with Crippen LogP contribution < -0.4 is 15.4 Å². The number of aryl methyl sites for hydroxylation is 2. The number of fused-ring (bicyclic) bond motifs is 1. The Labute approximate surface area is 126 Å². The Morgan fingerprint density at radius 1 is 1.19 bits per heavy atom. The molecule has 110 valence electrons. The van der Waals surface area contributed by atoms with E-state index in [1.807, 2.05) is 12.1 Å². The van der Waals surface area contributed by atoms with Crippen molar-refractivity contribution in [3.05, 3.63) is 53.1 Å². The molecule has 3 heteroatoms. The standard InChI is InChI=1S/C18H22N2O/c1-13-5-6-18-15(8-13)4-3-7-20(18)12-14-9-16(19)11-17(10-14)21-2/h5-6,8-11H,3-4,7,12,19H2,1-2H3. The fourth-order valence-corrected chi connectivity index (χ4v) is 3.08. The van der Waals surface area contributed by atoms with Gasteiger partial charge in [0.05, 0.1) is 7.11 Å². The van der Waals surface area contributed by atoms with Crippen LogP contribution in [0.3, 0.4) is 0 Å². The molecule has 2 aromatic carbocycles. The summed E-state index contributed by atoms with van der Waals surface area (Å²) in [6.45, 7) is 4.12. The van der Waals surface area contributed by atoms with Gasteiger partial charge in [-0.1, -0.05) is 17.7 Å². The van der Waals surface area contributed by atoms with E-state index in [4.69, 9.17) is 10.5 Å². The van der Waals surface area contributed by atoms with E-state index >= 15 is 0 Å². The molecule has 3 nitrogen and oxygen atoms in total. The van der Waals surface area contributed by atoms with Gasteiger partial charge in [-0.15, -0.1) is 0 Å². The van der Waals surface area contributed by atoms with E-state index in [0.29, 0.717) is 0 Å². The molecule has 0 saturated heterocycles. The molecule has 0 aliphatic carbocycles. The number of hydrogen-bond acceptors (Lipinski definition) is 3. The van der Waals surface area contributed by atoms with Crippen LogP contribution in [0, 0.1) is 6.92 Å². The Balaban J connectivity index is 1.88. The van der Waals surface area contributed by atoms with Crippen LogP contribution in [0.25, 0.3) is 0 Å². The third-order valence-electron chi connectivity index (χ3n) is 4.05. The second-order valence-electron chi connectivity index (χ2n) is 5.77. The maximum absolute atomic E-state index is 5.96. The number of methoxy groups -OCH3 is 1. The highest BCUT2D eigenvalue weighted by Gasteiger charge is 2.17. The van der Waals surface area contributed by atoms with Crippen LogP contribution in [0.2, 0.25) is 0 Å². The number of ether oxygens (including phenoxy) is 1. The summed E-state index contributed by atoms with van der Waals surface area (Å²) in [7, 11) is 1.68. The highest BCUT2D eigenvalue weighted by Crippen LogP contribution is 2.30. The molecule has 3 rings (SSSR count). The summed E-state index contributed by atoms with van der Waals surface area (Å²) in [6, 6.07) is 12.7. The molecule has 1 heterocycles. The van der Waals surface area contributed by atoms with Crippen molar-refractivity contribution in [1.29, 1.82) is 0 Å². The molecule has 0 atom stereocenters. The summed E-state index contributed by atoms with van der Waals surface area (Å²) >= 11 is 0. The Bertz CT molecular complexity index is 652. The number of hydrogen-bond donors (Lipinski definition) is 1. The molecule has 0 radical (unpaired) electrons. The highest BCUT2D eigenvalue weighted by atomic mass is 16.5. The van der Waals surface area contributed by atoms with Crippen molar-refractivity contribution in [2.45, 2.75) is 26.3 Å². The number of nitrogens with zero attached hydrogens (tertiary/aromatic N) is 1. The maximum atomic E-state index is 5.96. The van der Waals surface area contributed by atoms with Gasteiger partial charge in [-0.25, -0.2) is 0 Å². The highest BCUT2D eigenvalue weighted by molar-refractivity contribution is 5.58. The van der Waals surface area contributed by atoms with Crippen molar-refractivity contribution in [2.75, 3.05) is 24.3 Å². The van der Waals surface area contributed by atoms with E-state index in [1.165, 1.54) is 35.2 Å². The summed E-state index contributed by atoms with van der Waals surface area (Å²) in [4.78, 5) is 2.44. The first-order valence-corrected chi connectivity index (χ1v) is 7.43. The summed E-state index contributed by atoms with van der Waals surface area (Å²) in [5.74, 6) is 0.825. The molecule has 0 saturated carbocycles. The largest absolute Gasteiger partial charge is 0.497 e. The number of nitrogen functional groups attached to an aromatic ring is 1. The minimum absolute atomic E-state index is 0.755. The van der Waals surface area contributed by atoms with Gasteiger partial charge in [0.1, 0.15) is 5.75 Å². The fourth-order valence-electron chi connectivity index (χ4n) is 3.08. The molecule has 0 amide bonds. The average molecular weight is 282 g/mol. The molecular weight excluding hydrogens is 260 g/mol. The van der Waals surface area contributed by atoms with Crippen LogP contribution in [0.5, 0.6) is 5.75 Å². The van der Waals surface area contributed by atoms with Crippen LogP contribution in [0.15, 0.2) is 36.4 Å². The summed E-state index contributed by atoms with van der Waals surface area (Å²) in [5.41, 5.74) is 12.1. The molecule has 0 unspecified atom stereocenters. The van der Waals surface area contributed by atoms with Crippen molar-refractivity contribution in [2.24, 2.45) is 0 Å². The zero-order chi connectivity index (χ0) is 14.8. The summed E-state index contributed by atoms with van der Waals surface area (Å²) in [5, 5.41) is 0. The van der Waals surface area contributed by atoms with Crippen LogP contribution in [-0.4, -0.2) is 13.7 Å². The van der Waals surface area contributed by atoms with Gasteiger partial charge in [0.15, 0.2) is 0 Å². The number of anilines is 2. The van der Waals surface area contributed by atoms with Gasteiger partial charge in [0.25, 0.3) is 0 Å². The molecule has 0 fully saturated rings. The number of benzene rings is 2. The molecule has 21 heavy (non-hydrogen) atoms. The van der Waals surface area contributed by atoms with E-state index in [0.717, 1.165) is 24.5 Å². The molecule has 1 aliphatic rings. The zero-order valence-corrected chi connectivity index (χ0v) is 12.7. The van der Waals surface area contributed by atoms with E-state index in [2.05, 4.69) is 36.1 Å². The van der Waals surface area contributed by atoms with Crippen molar-refractivity contribution >= 4 is 11.4 Å². The molecule has 0 bridgehead atoms. The van der Waals surface area contributed by atoms with Crippen LogP contribution in [0.1, 0.15) is 23.1 Å². The van der Waals surface area contributed by atoms with Crippen molar-refractivity contribution < 1.29 is 4.74 Å². The van der Waals surface area contributed by atoms with Crippen molar-refractivity contribution in [3.63, 3.8) is 0 Å². The van der Waals surface area contributed by atoms with Gasteiger partial charge in [0, 0.05) is 30.5 Å². The second kappa shape index (κ2) is 5.68. The van der Waals surface area contributed by atoms with E-state index in [-0.39, 0.29) is 0 Å². The maximum Gasteiger partial charge on any atom is 0.121 e. The van der Waals surface area contributed by atoms with E-state index < -0.39 is 0 Å². The van der Waals surface area contributed by atoms with Crippen molar-refractivity contribution in [3.8, 4) is 5.75 Å². The third-order valence-corrected chi connectivity index (χ3v) is 4.05.